The topological polar surface area (TPSA) is 60.9 Å². The Kier molecular flexibility index (Phi) is 5.90. The van der Waals surface area contributed by atoms with Gasteiger partial charge in [-0.05, 0) is 48.9 Å². The summed E-state index contributed by atoms with van der Waals surface area (Å²) in [6.07, 6.45) is -3.15. The predicted octanol–water partition coefficient (Wildman–Crippen LogP) is 3.43. The zero-order valence-corrected chi connectivity index (χ0v) is 17.3. The lowest BCUT2D eigenvalue weighted by atomic mass is 10.1. The lowest BCUT2D eigenvalue weighted by molar-refractivity contribution is -0.137. The Balaban J connectivity index is 1.38. The Hall–Kier alpha value is -3.36. The van der Waals surface area contributed by atoms with Gasteiger partial charge in [0, 0.05) is 56.0 Å². The van der Waals surface area contributed by atoms with Crippen LogP contribution in [0.4, 0.5) is 18.9 Å². The highest BCUT2D eigenvalue weighted by atomic mass is 19.4. The monoisotopic (exact) mass is 445 g/mol. The van der Waals surface area contributed by atoms with E-state index < -0.39 is 11.7 Å². The van der Waals surface area contributed by atoms with Crippen molar-refractivity contribution in [2.45, 2.75) is 19.0 Å². The predicted molar refractivity (Wildman–Crippen MR) is 111 cm³/mol. The van der Waals surface area contributed by atoms with Gasteiger partial charge in [-0.3, -0.25) is 14.4 Å². The molecule has 4 rings (SSSR count). The van der Waals surface area contributed by atoms with Crippen LogP contribution >= 0.6 is 0 Å². The molecule has 2 aromatic carbocycles. The average molecular weight is 445 g/mol. The van der Waals surface area contributed by atoms with Crippen molar-refractivity contribution in [1.29, 1.82) is 0 Å². The summed E-state index contributed by atoms with van der Waals surface area (Å²) in [5.74, 6) is -0.495. The molecule has 2 aliphatic heterocycles. The van der Waals surface area contributed by atoms with E-state index in [1.807, 2.05) is 0 Å². The van der Waals surface area contributed by atoms with Crippen molar-refractivity contribution in [3.8, 4) is 0 Å². The molecule has 2 aliphatic rings. The van der Waals surface area contributed by atoms with Gasteiger partial charge in [0.2, 0.25) is 5.91 Å². The van der Waals surface area contributed by atoms with Crippen molar-refractivity contribution >= 4 is 23.4 Å². The highest BCUT2D eigenvalue weighted by Gasteiger charge is 2.31. The van der Waals surface area contributed by atoms with Crippen molar-refractivity contribution in [1.82, 2.24) is 9.80 Å². The molecule has 2 aromatic rings. The standard InChI is InChI=1S/C23H22F3N3O3/c24-23(25,26)18-8-6-16(7-9-18)21(31)27-11-13-28(14-12-27)22(32)17-3-1-4-19(15-17)29-10-2-5-20(29)30/h1,3-4,6-9,15H,2,5,10-14H2. The Morgan fingerprint density at radius 3 is 1.91 bits per heavy atom. The number of amides is 3. The molecule has 0 spiro atoms. The number of carbonyl (C=O) groups is 3. The van der Waals surface area contributed by atoms with Gasteiger partial charge in [0.15, 0.2) is 0 Å². The van der Waals surface area contributed by atoms with Crippen LogP contribution < -0.4 is 4.90 Å². The minimum atomic E-state index is -4.45. The van der Waals surface area contributed by atoms with Crippen molar-refractivity contribution in [3.05, 3.63) is 65.2 Å². The quantitative estimate of drug-likeness (QED) is 0.728. The van der Waals surface area contributed by atoms with Gasteiger partial charge in [-0.15, -0.1) is 0 Å². The number of carbonyl (C=O) groups excluding carboxylic acids is 3. The molecular formula is C23H22F3N3O3. The van der Waals surface area contributed by atoms with Crippen molar-refractivity contribution in [2.24, 2.45) is 0 Å². The fourth-order valence-corrected chi connectivity index (χ4v) is 4.01. The van der Waals surface area contributed by atoms with Gasteiger partial charge in [-0.25, -0.2) is 0 Å². The summed E-state index contributed by atoms with van der Waals surface area (Å²) in [5, 5.41) is 0. The molecule has 2 heterocycles. The van der Waals surface area contributed by atoms with Crippen LogP contribution in [0.1, 0.15) is 39.1 Å². The Bertz CT molecular complexity index is 1030. The molecule has 0 aliphatic carbocycles. The number of hydrogen-bond donors (Lipinski definition) is 0. The number of nitrogens with zero attached hydrogens (tertiary/aromatic N) is 3. The summed E-state index contributed by atoms with van der Waals surface area (Å²) in [6.45, 7) is 1.85. The zero-order valence-electron chi connectivity index (χ0n) is 17.3. The third kappa shape index (κ3) is 4.46. The van der Waals surface area contributed by atoms with Crippen LogP contribution in [0, 0.1) is 0 Å². The second kappa shape index (κ2) is 8.64. The van der Waals surface area contributed by atoms with Gasteiger partial charge in [0.05, 0.1) is 5.56 Å². The molecule has 0 radical (unpaired) electrons. The second-order valence-corrected chi connectivity index (χ2v) is 7.86. The number of hydrogen-bond acceptors (Lipinski definition) is 3. The van der Waals surface area contributed by atoms with E-state index in [4.69, 9.17) is 0 Å². The maximum Gasteiger partial charge on any atom is 0.416 e. The van der Waals surface area contributed by atoms with E-state index in [-0.39, 0.29) is 36.4 Å². The summed E-state index contributed by atoms with van der Waals surface area (Å²) in [7, 11) is 0. The first-order valence-corrected chi connectivity index (χ1v) is 10.4. The number of anilines is 1. The fourth-order valence-electron chi connectivity index (χ4n) is 4.01. The maximum absolute atomic E-state index is 12.9. The van der Waals surface area contributed by atoms with Gasteiger partial charge >= 0.3 is 6.18 Å². The second-order valence-electron chi connectivity index (χ2n) is 7.86. The van der Waals surface area contributed by atoms with E-state index in [0.29, 0.717) is 37.3 Å². The van der Waals surface area contributed by atoms with E-state index in [1.54, 1.807) is 34.1 Å². The van der Waals surface area contributed by atoms with Crippen LogP contribution in [0.25, 0.3) is 0 Å². The first-order valence-electron chi connectivity index (χ1n) is 10.4. The molecular weight excluding hydrogens is 423 g/mol. The van der Waals surface area contributed by atoms with Crippen molar-refractivity contribution in [3.63, 3.8) is 0 Å². The molecule has 0 N–H and O–H groups in total. The minimum Gasteiger partial charge on any atom is -0.335 e. The third-order valence-corrected chi connectivity index (χ3v) is 5.79. The van der Waals surface area contributed by atoms with E-state index in [9.17, 15) is 27.6 Å². The van der Waals surface area contributed by atoms with E-state index >= 15 is 0 Å². The maximum atomic E-state index is 12.9. The van der Waals surface area contributed by atoms with Gasteiger partial charge in [0.1, 0.15) is 0 Å². The molecule has 168 valence electrons. The van der Waals surface area contributed by atoms with E-state index in [1.165, 1.54) is 17.0 Å². The normalized spacial score (nSPS) is 17.1. The largest absolute Gasteiger partial charge is 0.416 e. The minimum absolute atomic E-state index is 0.0463. The van der Waals surface area contributed by atoms with Gasteiger partial charge in [-0.2, -0.15) is 13.2 Å². The molecule has 0 saturated carbocycles. The molecule has 0 bridgehead atoms. The number of halogens is 3. The average Bonchev–Trinajstić information content (AvgIpc) is 3.23. The SMILES string of the molecule is O=C(c1ccc(C(F)(F)F)cc1)N1CCN(C(=O)c2cccc(N3CCCC3=O)c2)CC1. The van der Waals surface area contributed by atoms with Crippen LogP contribution in [0.15, 0.2) is 48.5 Å². The lowest BCUT2D eigenvalue weighted by Gasteiger charge is -2.35. The van der Waals surface area contributed by atoms with Crippen molar-refractivity contribution in [2.75, 3.05) is 37.6 Å². The number of piperazine rings is 1. The molecule has 2 saturated heterocycles. The number of alkyl halides is 3. The molecule has 0 aromatic heterocycles. The first kappa shape index (κ1) is 21.9. The Labute approximate surface area is 183 Å². The number of benzene rings is 2. The summed E-state index contributed by atoms with van der Waals surface area (Å²) < 4.78 is 38.1. The van der Waals surface area contributed by atoms with Crippen LogP contribution in [0.5, 0.6) is 0 Å². The first-order chi connectivity index (χ1) is 15.2. The lowest BCUT2D eigenvalue weighted by Crippen LogP contribution is -2.50. The van der Waals surface area contributed by atoms with Gasteiger partial charge in [-0.1, -0.05) is 6.07 Å². The summed E-state index contributed by atoms with van der Waals surface area (Å²) >= 11 is 0. The highest BCUT2D eigenvalue weighted by Crippen LogP contribution is 2.29. The molecule has 32 heavy (non-hydrogen) atoms. The van der Waals surface area contributed by atoms with Crippen LogP contribution in [0.2, 0.25) is 0 Å². The van der Waals surface area contributed by atoms with Crippen LogP contribution in [-0.4, -0.2) is 60.2 Å². The van der Waals surface area contributed by atoms with E-state index in [2.05, 4.69) is 0 Å². The number of rotatable bonds is 3. The molecule has 0 atom stereocenters. The van der Waals surface area contributed by atoms with E-state index in [0.717, 1.165) is 18.6 Å². The third-order valence-electron chi connectivity index (χ3n) is 5.79. The van der Waals surface area contributed by atoms with Gasteiger partial charge in [0.25, 0.3) is 11.8 Å². The summed E-state index contributed by atoms with van der Waals surface area (Å²) in [6, 6.07) is 11.1. The summed E-state index contributed by atoms with van der Waals surface area (Å²) in [4.78, 5) is 42.4. The Morgan fingerprint density at radius 1 is 0.781 bits per heavy atom. The van der Waals surface area contributed by atoms with Gasteiger partial charge < -0.3 is 14.7 Å². The Morgan fingerprint density at radius 2 is 1.38 bits per heavy atom. The summed E-state index contributed by atoms with van der Waals surface area (Å²) in [5.41, 5.74) is 0.558. The molecule has 2 fully saturated rings. The molecule has 9 heteroatoms. The zero-order chi connectivity index (χ0) is 22.9. The molecule has 6 nitrogen and oxygen atoms in total. The molecule has 0 unspecified atom stereocenters. The highest BCUT2D eigenvalue weighted by molar-refractivity contribution is 5.99. The fraction of sp³-hybridized carbons (Fsp3) is 0.348. The van der Waals surface area contributed by atoms with Crippen LogP contribution in [0.3, 0.4) is 0 Å². The van der Waals surface area contributed by atoms with Crippen molar-refractivity contribution < 1.29 is 27.6 Å². The smallest absolute Gasteiger partial charge is 0.335 e. The van der Waals surface area contributed by atoms with Crippen LogP contribution in [-0.2, 0) is 11.0 Å². The molecule has 3 amide bonds.